The molecule has 0 unspecified atom stereocenters. The fourth-order valence-corrected chi connectivity index (χ4v) is 2.99. The van der Waals surface area contributed by atoms with Crippen molar-refractivity contribution in [2.24, 2.45) is 12.8 Å². The third-order valence-corrected chi connectivity index (χ3v) is 4.49. The molecule has 0 fully saturated rings. The van der Waals surface area contributed by atoms with Crippen molar-refractivity contribution in [2.75, 3.05) is 18.5 Å². The van der Waals surface area contributed by atoms with Crippen molar-refractivity contribution in [2.45, 2.75) is 0 Å². The average Bonchev–Trinajstić information content (AvgIpc) is 2.60. The first-order valence-corrected chi connectivity index (χ1v) is 8.81. The normalized spacial score (nSPS) is 10.9. The van der Waals surface area contributed by atoms with E-state index in [2.05, 4.69) is 5.32 Å². The lowest BCUT2D eigenvalue weighted by molar-refractivity contribution is 0.109. The SMILES string of the molecule is Cn1c(=O)cc(Nc2ccc(I)cc2F)c2c(=O)n(OCCN)ccc21. The fraction of sp³-hybridized carbons (Fsp3) is 0.176. The number of hydrogen-bond acceptors (Lipinski definition) is 5. The molecule has 0 saturated carbocycles. The second-order valence-electron chi connectivity index (χ2n) is 5.53. The maximum absolute atomic E-state index is 14.2. The average molecular weight is 470 g/mol. The molecule has 0 saturated heterocycles. The summed E-state index contributed by atoms with van der Waals surface area (Å²) in [4.78, 5) is 30.3. The van der Waals surface area contributed by atoms with Crippen LogP contribution in [0.3, 0.4) is 0 Å². The summed E-state index contributed by atoms with van der Waals surface area (Å²) in [5.41, 5.74) is 5.38. The number of aryl methyl sites for hydroxylation is 1. The number of nitrogens with zero attached hydrogens (tertiary/aromatic N) is 2. The van der Waals surface area contributed by atoms with Gasteiger partial charge in [0.2, 0.25) is 0 Å². The summed E-state index contributed by atoms with van der Waals surface area (Å²) >= 11 is 2.00. The number of pyridine rings is 2. The van der Waals surface area contributed by atoms with Gasteiger partial charge in [0, 0.05) is 29.4 Å². The van der Waals surface area contributed by atoms with Crippen LogP contribution in [0.2, 0.25) is 0 Å². The molecule has 0 aliphatic heterocycles. The van der Waals surface area contributed by atoms with E-state index < -0.39 is 11.4 Å². The van der Waals surface area contributed by atoms with E-state index in [1.54, 1.807) is 25.2 Å². The minimum Gasteiger partial charge on any atom is -0.409 e. The van der Waals surface area contributed by atoms with E-state index in [0.717, 1.165) is 8.30 Å². The van der Waals surface area contributed by atoms with Gasteiger partial charge in [0.1, 0.15) is 12.4 Å². The van der Waals surface area contributed by atoms with Crippen LogP contribution in [0.4, 0.5) is 15.8 Å². The molecular formula is C17H16FIN4O3. The Bertz CT molecular complexity index is 1090. The Morgan fingerprint density at radius 2 is 2.00 bits per heavy atom. The van der Waals surface area contributed by atoms with Gasteiger partial charge in [0.15, 0.2) is 0 Å². The minimum absolute atomic E-state index is 0.158. The lowest BCUT2D eigenvalue weighted by Gasteiger charge is -2.14. The van der Waals surface area contributed by atoms with E-state index in [1.807, 2.05) is 22.6 Å². The Labute approximate surface area is 161 Å². The molecule has 1 aromatic carbocycles. The number of benzene rings is 1. The first-order chi connectivity index (χ1) is 12.4. The van der Waals surface area contributed by atoms with Crippen molar-refractivity contribution in [1.82, 2.24) is 9.30 Å². The predicted molar refractivity (Wildman–Crippen MR) is 106 cm³/mol. The quantitative estimate of drug-likeness (QED) is 0.553. The van der Waals surface area contributed by atoms with E-state index in [9.17, 15) is 14.0 Å². The number of anilines is 2. The summed E-state index contributed by atoms with van der Waals surface area (Å²) in [6.45, 7) is 0.405. The standard InChI is InChI=1S/C17H16FIN4O3/c1-22-14-4-6-23(26-7-5-20)17(25)16(14)13(9-15(22)24)21-12-3-2-10(19)8-11(12)18/h2-4,6,8-9,21H,5,7,20H2,1H3. The van der Waals surface area contributed by atoms with E-state index >= 15 is 0 Å². The highest BCUT2D eigenvalue weighted by molar-refractivity contribution is 14.1. The van der Waals surface area contributed by atoms with Crippen LogP contribution in [0.1, 0.15) is 0 Å². The van der Waals surface area contributed by atoms with Crippen LogP contribution < -0.4 is 27.0 Å². The summed E-state index contributed by atoms with van der Waals surface area (Å²) in [6.07, 6.45) is 1.43. The first-order valence-electron chi connectivity index (χ1n) is 7.73. The van der Waals surface area contributed by atoms with E-state index in [4.69, 9.17) is 10.6 Å². The molecule has 136 valence electrons. The summed E-state index contributed by atoms with van der Waals surface area (Å²) < 4.78 is 17.3. The predicted octanol–water partition coefficient (Wildman–Crippen LogP) is 1.57. The number of rotatable bonds is 5. The lowest BCUT2D eigenvalue weighted by atomic mass is 10.2. The lowest BCUT2D eigenvalue weighted by Crippen LogP contribution is -2.31. The van der Waals surface area contributed by atoms with Crippen LogP contribution in [-0.4, -0.2) is 22.4 Å². The monoisotopic (exact) mass is 470 g/mol. The smallest absolute Gasteiger partial charge is 0.294 e. The van der Waals surface area contributed by atoms with Crippen molar-refractivity contribution in [3.8, 4) is 0 Å². The second kappa shape index (κ2) is 7.46. The number of halogens is 2. The number of fused-ring (bicyclic) bond motifs is 1. The van der Waals surface area contributed by atoms with Gasteiger partial charge < -0.3 is 20.5 Å². The number of nitrogens with two attached hydrogens (primary N) is 1. The summed E-state index contributed by atoms with van der Waals surface area (Å²) in [7, 11) is 1.56. The highest BCUT2D eigenvalue weighted by atomic mass is 127. The van der Waals surface area contributed by atoms with Crippen LogP contribution in [0.5, 0.6) is 0 Å². The van der Waals surface area contributed by atoms with Gasteiger partial charge >= 0.3 is 0 Å². The number of nitrogens with one attached hydrogen (secondary N) is 1. The molecule has 9 heteroatoms. The molecule has 26 heavy (non-hydrogen) atoms. The molecule has 0 aliphatic carbocycles. The van der Waals surface area contributed by atoms with Crippen molar-refractivity contribution in [1.29, 1.82) is 0 Å². The third kappa shape index (κ3) is 3.44. The zero-order valence-corrected chi connectivity index (χ0v) is 16.0. The molecule has 3 N–H and O–H groups in total. The largest absolute Gasteiger partial charge is 0.409 e. The molecule has 0 radical (unpaired) electrons. The zero-order valence-electron chi connectivity index (χ0n) is 13.8. The second-order valence-corrected chi connectivity index (χ2v) is 6.78. The van der Waals surface area contributed by atoms with Gasteiger partial charge in [0.05, 0.1) is 22.3 Å². The van der Waals surface area contributed by atoms with Gasteiger partial charge in [-0.15, -0.1) is 0 Å². The Morgan fingerprint density at radius 1 is 1.23 bits per heavy atom. The summed E-state index contributed by atoms with van der Waals surface area (Å²) in [5, 5.41) is 3.06. The molecule has 7 nitrogen and oxygen atoms in total. The van der Waals surface area contributed by atoms with E-state index in [-0.39, 0.29) is 35.5 Å². The summed E-state index contributed by atoms with van der Waals surface area (Å²) in [6, 6.07) is 7.47. The molecule has 3 aromatic rings. The highest BCUT2D eigenvalue weighted by Gasteiger charge is 2.14. The Hall–Kier alpha value is -2.40. The number of hydrogen-bond donors (Lipinski definition) is 2. The molecule has 0 bridgehead atoms. The van der Waals surface area contributed by atoms with Gasteiger partial charge in [-0.2, -0.15) is 4.73 Å². The van der Waals surface area contributed by atoms with Crippen molar-refractivity contribution in [3.63, 3.8) is 0 Å². The van der Waals surface area contributed by atoms with Crippen molar-refractivity contribution < 1.29 is 9.23 Å². The fourth-order valence-electron chi connectivity index (χ4n) is 2.54. The molecule has 0 amide bonds. The maximum Gasteiger partial charge on any atom is 0.294 e. The van der Waals surface area contributed by atoms with E-state index in [0.29, 0.717) is 5.52 Å². The van der Waals surface area contributed by atoms with Crippen LogP contribution in [0.25, 0.3) is 10.9 Å². The van der Waals surface area contributed by atoms with Crippen LogP contribution in [-0.2, 0) is 7.05 Å². The molecule has 3 rings (SSSR count). The maximum atomic E-state index is 14.2. The van der Waals surface area contributed by atoms with Crippen molar-refractivity contribution >= 4 is 44.9 Å². The van der Waals surface area contributed by atoms with Crippen LogP contribution in [0, 0.1) is 9.39 Å². The van der Waals surface area contributed by atoms with Gasteiger partial charge in [0.25, 0.3) is 11.1 Å². The number of aromatic nitrogens is 2. The van der Waals surface area contributed by atoms with Crippen molar-refractivity contribution in [3.05, 3.63) is 66.6 Å². The molecule has 0 spiro atoms. The highest BCUT2D eigenvalue weighted by Crippen LogP contribution is 2.25. The third-order valence-electron chi connectivity index (χ3n) is 3.82. The Kier molecular flexibility index (Phi) is 5.28. The molecule has 0 aliphatic rings. The Morgan fingerprint density at radius 3 is 2.69 bits per heavy atom. The molecule has 2 aromatic heterocycles. The topological polar surface area (TPSA) is 91.3 Å². The van der Waals surface area contributed by atoms with E-state index in [1.165, 1.54) is 22.9 Å². The molecule has 2 heterocycles. The first kappa shape index (κ1) is 18.4. The summed E-state index contributed by atoms with van der Waals surface area (Å²) in [5.74, 6) is -0.485. The Balaban J connectivity index is 2.21. The van der Waals surface area contributed by atoms with Gasteiger partial charge in [-0.1, -0.05) is 0 Å². The van der Waals surface area contributed by atoms with Crippen LogP contribution in [0.15, 0.2) is 46.1 Å². The minimum atomic E-state index is -0.485. The molecular weight excluding hydrogens is 454 g/mol. The van der Waals surface area contributed by atoms with Gasteiger partial charge in [-0.3, -0.25) is 9.59 Å². The van der Waals surface area contributed by atoms with Gasteiger partial charge in [-0.25, -0.2) is 4.39 Å². The zero-order chi connectivity index (χ0) is 18.8. The van der Waals surface area contributed by atoms with Gasteiger partial charge in [-0.05, 0) is 46.9 Å². The molecule has 0 atom stereocenters. The van der Waals surface area contributed by atoms with Crippen LogP contribution >= 0.6 is 22.6 Å².